The molecule has 0 atom stereocenters. The number of hydrogen-bond acceptors (Lipinski definition) is 3. The van der Waals surface area contributed by atoms with E-state index in [1.807, 2.05) is 0 Å². The van der Waals surface area contributed by atoms with Gasteiger partial charge in [0.15, 0.2) is 0 Å². The van der Waals surface area contributed by atoms with Crippen LogP contribution >= 0.6 is 11.3 Å². The molecule has 0 aromatic carbocycles. The van der Waals surface area contributed by atoms with Crippen LogP contribution < -0.4 is 5.32 Å². The molecule has 1 aromatic rings. The van der Waals surface area contributed by atoms with E-state index >= 15 is 0 Å². The van der Waals surface area contributed by atoms with Crippen LogP contribution in [-0.4, -0.2) is 17.6 Å². The summed E-state index contributed by atoms with van der Waals surface area (Å²) in [5, 5.41) is 6.97. The normalized spacial score (nSPS) is 17.2. The van der Waals surface area contributed by atoms with Crippen LogP contribution in [0.2, 0.25) is 0 Å². The summed E-state index contributed by atoms with van der Waals surface area (Å²) in [4.78, 5) is 4.73. The van der Waals surface area contributed by atoms with Crippen molar-refractivity contribution >= 4 is 17.4 Å². The van der Waals surface area contributed by atoms with E-state index in [-0.39, 0.29) is 5.41 Å². The van der Waals surface area contributed by atoms with E-state index in [4.69, 9.17) is 4.98 Å². The molecule has 18 heavy (non-hydrogen) atoms. The molecule has 2 nitrogen and oxygen atoms in total. The smallest absolute Gasteiger partial charge is 0.0985 e. The van der Waals surface area contributed by atoms with Crippen molar-refractivity contribution in [3.8, 4) is 0 Å². The van der Waals surface area contributed by atoms with Crippen LogP contribution in [0.25, 0.3) is 6.08 Å². The van der Waals surface area contributed by atoms with Gasteiger partial charge in [-0.25, -0.2) is 4.98 Å². The number of thiazole rings is 1. The van der Waals surface area contributed by atoms with Crippen molar-refractivity contribution in [2.24, 2.45) is 0 Å². The number of hydrogen-bond donors (Lipinski definition) is 1. The monoisotopic (exact) mass is 264 g/mol. The zero-order chi connectivity index (χ0) is 13.2. The van der Waals surface area contributed by atoms with Crippen LogP contribution in [0.3, 0.4) is 0 Å². The molecule has 1 N–H and O–H groups in total. The molecule has 1 aliphatic carbocycles. The molecule has 1 aromatic heterocycles. The molecule has 0 radical (unpaired) electrons. The van der Waals surface area contributed by atoms with E-state index in [1.54, 1.807) is 11.3 Å². The highest BCUT2D eigenvalue weighted by Gasteiger charge is 2.20. The molecule has 0 spiro atoms. The maximum Gasteiger partial charge on any atom is 0.0985 e. The van der Waals surface area contributed by atoms with Gasteiger partial charge in [-0.05, 0) is 25.3 Å². The predicted octanol–water partition coefficient (Wildman–Crippen LogP) is 3.99. The average molecular weight is 264 g/mol. The van der Waals surface area contributed by atoms with Gasteiger partial charge in [-0.3, -0.25) is 0 Å². The molecule has 1 saturated carbocycles. The minimum atomic E-state index is 0.162. The Hall–Kier alpha value is -0.670. The summed E-state index contributed by atoms with van der Waals surface area (Å²) >= 11 is 1.77. The number of nitrogens with zero attached hydrogens (tertiary/aromatic N) is 1. The third kappa shape index (κ3) is 3.92. The lowest BCUT2D eigenvalue weighted by Gasteiger charge is -2.13. The van der Waals surface area contributed by atoms with E-state index in [1.165, 1.54) is 23.4 Å². The second kappa shape index (κ2) is 5.54. The van der Waals surface area contributed by atoms with Crippen LogP contribution in [0, 0.1) is 0 Å². The molecule has 0 aliphatic heterocycles. The first kappa shape index (κ1) is 13.8. The third-order valence-corrected chi connectivity index (χ3v) is 4.45. The quantitative estimate of drug-likeness (QED) is 0.870. The van der Waals surface area contributed by atoms with Gasteiger partial charge in [-0.1, -0.05) is 33.3 Å². The van der Waals surface area contributed by atoms with Crippen molar-refractivity contribution in [2.45, 2.75) is 58.4 Å². The Labute approximate surface area is 115 Å². The van der Waals surface area contributed by atoms with Crippen LogP contribution in [0.1, 0.15) is 57.7 Å². The lowest BCUT2D eigenvalue weighted by molar-refractivity contribution is 0.585. The van der Waals surface area contributed by atoms with Gasteiger partial charge in [0.2, 0.25) is 0 Å². The second-order valence-corrected chi connectivity index (χ2v) is 7.00. The molecule has 0 bridgehead atoms. The molecule has 1 fully saturated rings. The Kier molecular flexibility index (Phi) is 4.23. The van der Waals surface area contributed by atoms with Gasteiger partial charge in [-0.15, -0.1) is 11.3 Å². The summed E-state index contributed by atoms with van der Waals surface area (Å²) in [5.74, 6) is 0. The Morgan fingerprint density at radius 1 is 1.50 bits per heavy atom. The SMILES string of the molecule is CCC(=Cc1csc(C(C)(C)C)n1)CNC1CC1. The van der Waals surface area contributed by atoms with Crippen LogP contribution in [0.5, 0.6) is 0 Å². The maximum atomic E-state index is 4.73. The Balaban J connectivity index is 2.02. The molecular formula is C15H24N2S. The van der Waals surface area contributed by atoms with Gasteiger partial charge >= 0.3 is 0 Å². The molecule has 0 unspecified atom stereocenters. The minimum absolute atomic E-state index is 0.162. The third-order valence-electron chi connectivity index (χ3n) is 3.16. The topological polar surface area (TPSA) is 24.9 Å². The molecule has 3 heteroatoms. The van der Waals surface area contributed by atoms with Crippen molar-refractivity contribution in [1.29, 1.82) is 0 Å². The van der Waals surface area contributed by atoms with Gasteiger partial charge in [0.1, 0.15) is 0 Å². The van der Waals surface area contributed by atoms with Crippen LogP contribution in [0.15, 0.2) is 11.0 Å². The fourth-order valence-corrected chi connectivity index (χ4v) is 2.61. The average Bonchev–Trinajstić information content (AvgIpc) is 3.00. The first-order valence-electron chi connectivity index (χ1n) is 6.88. The zero-order valence-corrected chi connectivity index (χ0v) is 12.7. The minimum Gasteiger partial charge on any atom is -0.310 e. The van der Waals surface area contributed by atoms with E-state index in [9.17, 15) is 0 Å². The molecular weight excluding hydrogens is 240 g/mol. The summed E-state index contributed by atoms with van der Waals surface area (Å²) in [7, 11) is 0. The largest absolute Gasteiger partial charge is 0.310 e. The summed E-state index contributed by atoms with van der Waals surface area (Å²) in [6.45, 7) is 9.89. The van der Waals surface area contributed by atoms with E-state index in [0.29, 0.717) is 0 Å². The Morgan fingerprint density at radius 2 is 2.22 bits per heavy atom. The molecule has 0 amide bonds. The number of aromatic nitrogens is 1. The fourth-order valence-electron chi connectivity index (χ4n) is 1.75. The van der Waals surface area contributed by atoms with Crippen molar-refractivity contribution < 1.29 is 0 Å². The van der Waals surface area contributed by atoms with Crippen molar-refractivity contribution in [3.63, 3.8) is 0 Å². The standard InChI is InChI=1S/C15H24N2S/c1-5-11(9-16-12-6-7-12)8-13-10-18-14(17-13)15(2,3)4/h8,10,12,16H,5-7,9H2,1-4H3. The van der Waals surface area contributed by atoms with Gasteiger partial charge in [0, 0.05) is 23.4 Å². The van der Waals surface area contributed by atoms with Crippen molar-refractivity contribution in [2.75, 3.05) is 6.54 Å². The molecule has 1 heterocycles. The lowest BCUT2D eigenvalue weighted by atomic mass is 9.98. The first-order valence-corrected chi connectivity index (χ1v) is 7.76. The fraction of sp³-hybridized carbons (Fsp3) is 0.667. The number of rotatable bonds is 5. The van der Waals surface area contributed by atoms with Crippen LogP contribution in [-0.2, 0) is 5.41 Å². The second-order valence-electron chi connectivity index (χ2n) is 6.14. The highest BCUT2D eigenvalue weighted by Crippen LogP contribution is 2.26. The van der Waals surface area contributed by atoms with Crippen molar-refractivity contribution in [3.05, 3.63) is 21.7 Å². The van der Waals surface area contributed by atoms with Gasteiger partial charge < -0.3 is 5.32 Å². The molecule has 0 saturated heterocycles. The summed E-state index contributed by atoms with van der Waals surface area (Å²) in [6, 6.07) is 0.778. The van der Waals surface area contributed by atoms with Crippen molar-refractivity contribution in [1.82, 2.24) is 10.3 Å². The van der Waals surface area contributed by atoms with E-state index in [2.05, 4.69) is 44.5 Å². The zero-order valence-electron chi connectivity index (χ0n) is 11.9. The molecule has 100 valence electrons. The number of nitrogens with one attached hydrogen (secondary N) is 1. The lowest BCUT2D eigenvalue weighted by Crippen LogP contribution is -2.18. The molecule has 1 aliphatic rings. The summed E-state index contributed by atoms with van der Waals surface area (Å²) in [6.07, 6.45) is 6.05. The predicted molar refractivity (Wildman–Crippen MR) is 80.1 cm³/mol. The first-order chi connectivity index (χ1) is 8.49. The maximum absolute atomic E-state index is 4.73. The molecule has 2 rings (SSSR count). The van der Waals surface area contributed by atoms with E-state index < -0.39 is 0 Å². The van der Waals surface area contributed by atoms with Gasteiger partial charge in [-0.2, -0.15) is 0 Å². The van der Waals surface area contributed by atoms with Crippen LogP contribution in [0.4, 0.5) is 0 Å². The van der Waals surface area contributed by atoms with Gasteiger partial charge in [0.05, 0.1) is 10.7 Å². The Bertz CT molecular complexity index is 422. The summed E-state index contributed by atoms with van der Waals surface area (Å²) < 4.78 is 0. The van der Waals surface area contributed by atoms with Gasteiger partial charge in [0.25, 0.3) is 0 Å². The van der Waals surface area contributed by atoms with E-state index in [0.717, 1.165) is 24.7 Å². The Morgan fingerprint density at radius 3 is 2.72 bits per heavy atom. The highest BCUT2D eigenvalue weighted by molar-refractivity contribution is 7.09. The summed E-state index contributed by atoms with van der Waals surface area (Å²) in [5.41, 5.74) is 2.74. The highest BCUT2D eigenvalue weighted by atomic mass is 32.1.